The molecule has 0 atom stereocenters. The molecule has 2 aromatic heterocycles. The number of benzene rings is 1. The molecule has 18 heavy (non-hydrogen) atoms. The molecule has 3 aromatic rings. The third-order valence-corrected chi connectivity index (χ3v) is 4.29. The number of rotatable bonds is 0. The third-order valence-electron chi connectivity index (χ3n) is 3.15. The molecule has 0 saturated heterocycles. The summed E-state index contributed by atoms with van der Waals surface area (Å²) in [6, 6.07) is 7.51. The number of aryl methyl sites for hydroxylation is 1. The Morgan fingerprint density at radius 2 is 2.11 bits per heavy atom. The summed E-state index contributed by atoms with van der Waals surface area (Å²) in [7, 11) is 0. The van der Waals surface area contributed by atoms with Crippen molar-refractivity contribution in [1.29, 1.82) is 0 Å². The van der Waals surface area contributed by atoms with Crippen LogP contribution in [0, 0.1) is 0 Å². The Hall–Kier alpha value is -1.82. The predicted octanol–water partition coefficient (Wildman–Crippen LogP) is 0.739. The van der Waals surface area contributed by atoms with Crippen LogP contribution in [0.25, 0.3) is 16.4 Å². The molecule has 5 nitrogen and oxygen atoms in total. The van der Waals surface area contributed by atoms with Gasteiger partial charge in [-0.25, -0.2) is 0 Å². The molecule has 4 rings (SSSR count). The first-order valence-corrected chi connectivity index (χ1v) is 6.84. The summed E-state index contributed by atoms with van der Waals surface area (Å²) in [4.78, 5) is 0. The van der Waals surface area contributed by atoms with Crippen molar-refractivity contribution in [3.63, 3.8) is 0 Å². The third kappa shape index (κ3) is 1.26. The first-order chi connectivity index (χ1) is 8.84. The van der Waals surface area contributed by atoms with Crippen LogP contribution in [-0.2, 0) is 6.54 Å². The Balaban J connectivity index is 2.20. The van der Waals surface area contributed by atoms with Gasteiger partial charge in [0.2, 0.25) is 0 Å². The summed E-state index contributed by atoms with van der Waals surface area (Å²) >= 11 is 1.70. The van der Waals surface area contributed by atoms with E-state index in [1.807, 2.05) is 22.9 Å². The van der Waals surface area contributed by atoms with E-state index in [0.29, 0.717) is 5.39 Å². The van der Waals surface area contributed by atoms with Crippen LogP contribution < -0.4 is 9.79 Å². The molecule has 0 spiro atoms. The second-order valence-corrected chi connectivity index (χ2v) is 5.36. The van der Waals surface area contributed by atoms with Crippen LogP contribution in [0.4, 0.5) is 0 Å². The van der Waals surface area contributed by atoms with Crippen LogP contribution in [0.15, 0.2) is 29.4 Å². The molecule has 1 aliphatic rings. The molecular formula is C12H10N4OS. The molecule has 0 saturated carbocycles. The monoisotopic (exact) mass is 258 g/mol. The first kappa shape index (κ1) is 10.1. The number of hydrogen-bond acceptors (Lipinski definition) is 4. The van der Waals surface area contributed by atoms with Gasteiger partial charge in [0.1, 0.15) is 6.54 Å². The van der Waals surface area contributed by atoms with Crippen molar-refractivity contribution in [3.05, 3.63) is 24.3 Å². The van der Waals surface area contributed by atoms with E-state index in [1.165, 1.54) is 0 Å². The van der Waals surface area contributed by atoms with Crippen molar-refractivity contribution in [2.45, 2.75) is 18.1 Å². The van der Waals surface area contributed by atoms with E-state index in [2.05, 4.69) is 10.2 Å². The van der Waals surface area contributed by atoms with Crippen LogP contribution in [0.1, 0.15) is 6.42 Å². The SMILES string of the molecule is [O-]c1nn2c3[n+](nc2c2ccccc12)CCCS3. The van der Waals surface area contributed by atoms with Gasteiger partial charge in [-0.15, -0.1) is 4.68 Å². The molecule has 1 aromatic carbocycles. The van der Waals surface area contributed by atoms with Crippen molar-refractivity contribution in [2.24, 2.45) is 0 Å². The second-order valence-electron chi connectivity index (χ2n) is 4.29. The summed E-state index contributed by atoms with van der Waals surface area (Å²) in [5, 5.41) is 23.2. The van der Waals surface area contributed by atoms with Crippen LogP contribution in [-0.4, -0.2) is 20.5 Å². The summed E-state index contributed by atoms with van der Waals surface area (Å²) < 4.78 is 3.64. The number of fused-ring (bicyclic) bond motifs is 5. The zero-order chi connectivity index (χ0) is 12.1. The molecule has 3 heterocycles. The van der Waals surface area contributed by atoms with E-state index < -0.39 is 0 Å². The fourth-order valence-corrected chi connectivity index (χ4v) is 3.31. The van der Waals surface area contributed by atoms with Crippen LogP contribution in [0.2, 0.25) is 0 Å². The molecule has 90 valence electrons. The van der Waals surface area contributed by atoms with Crippen molar-refractivity contribution < 1.29 is 9.79 Å². The number of nitrogens with zero attached hydrogens (tertiary/aromatic N) is 4. The normalized spacial score (nSPS) is 15.1. The molecule has 1 aliphatic heterocycles. The quantitative estimate of drug-likeness (QED) is 0.558. The minimum Gasteiger partial charge on any atom is -0.856 e. The van der Waals surface area contributed by atoms with Crippen molar-refractivity contribution >= 4 is 28.2 Å². The van der Waals surface area contributed by atoms with Gasteiger partial charge in [0.05, 0.1) is 5.39 Å². The van der Waals surface area contributed by atoms with Gasteiger partial charge in [-0.05, 0) is 29.3 Å². The van der Waals surface area contributed by atoms with Gasteiger partial charge in [0.25, 0.3) is 5.65 Å². The largest absolute Gasteiger partial charge is 0.856 e. The molecule has 0 aliphatic carbocycles. The maximum Gasteiger partial charge on any atom is 0.366 e. The van der Waals surface area contributed by atoms with Crippen molar-refractivity contribution in [2.75, 3.05) is 5.75 Å². The molecule has 0 radical (unpaired) electrons. The Morgan fingerprint density at radius 3 is 3.00 bits per heavy atom. The van der Waals surface area contributed by atoms with Gasteiger partial charge < -0.3 is 5.11 Å². The first-order valence-electron chi connectivity index (χ1n) is 5.86. The summed E-state index contributed by atoms with van der Waals surface area (Å²) in [6.07, 6.45) is 1.11. The van der Waals surface area contributed by atoms with Gasteiger partial charge in [-0.3, -0.25) is 0 Å². The molecular weight excluding hydrogens is 248 g/mol. The highest BCUT2D eigenvalue weighted by atomic mass is 32.2. The van der Waals surface area contributed by atoms with Crippen LogP contribution >= 0.6 is 11.8 Å². The minimum atomic E-state index is -0.190. The standard InChI is InChI=1S/C12H10N4OS/c17-11-9-5-2-1-4-8(9)10-13-15-6-3-7-18-12(15)16(10)14-11/h1-2,4-5H,3,6-7H2. The highest BCUT2D eigenvalue weighted by molar-refractivity contribution is 7.99. The van der Waals surface area contributed by atoms with Gasteiger partial charge in [-0.2, -0.15) is 0 Å². The molecule has 0 unspecified atom stereocenters. The fourth-order valence-electron chi connectivity index (χ4n) is 2.33. The van der Waals surface area contributed by atoms with Gasteiger partial charge in [-0.1, -0.05) is 27.8 Å². The second kappa shape index (κ2) is 3.58. The molecule has 0 bridgehead atoms. The Labute approximate surface area is 107 Å². The number of thioether (sulfide) groups is 1. The zero-order valence-electron chi connectivity index (χ0n) is 9.54. The van der Waals surface area contributed by atoms with Gasteiger partial charge >= 0.3 is 5.16 Å². The lowest BCUT2D eigenvalue weighted by Gasteiger charge is -2.06. The average molecular weight is 258 g/mol. The minimum absolute atomic E-state index is 0.190. The lowest BCUT2D eigenvalue weighted by atomic mass is 10.2. The van der Waals surface area contributed by atoms with Crippen LogP contribution in [0.3, 0.4) is 0 Å². The summed E-state index contributed by atoms with van der Waals surface area (Å²) in [5.41, 5.74) is 0.773. The Kier molecular flexibility index (Phi) is 2.02. The summed E-state index contributed by atoms with van der Waals surface area (Å²) in [5.74, 6) is 0.862. The van der Waals surface area contributed by atoms with Crippen molar-refractivity contribution in [3.8, 4) is 5.88 Å². The fraction of sp³-hybridized carbons (Fsp3) is 0.250. The highest BCUT2D eigenvalue weighted by Crippen LogP contribution is 2.26. The lowest BCUT2D eigenvalue weighted by molar-refractivity contribution is -0.786. The maximum absolute atomic E-state index is 12.0. The Morgan fingerprint density at radius 1 is 1.28 bits per heavy atom. The smallest absolute Gasteiger partial charge is 0.366 e. The topological polar surface area (TPSA) is 57.1 Å². The van der Waals surface area contributed by atoms with E-state index in [1.54, 1.807) is 22.3 Å². The van der Waals surface area contributed by atoms with E-state index in [-0.39, 0.29) is 5.88 Å². The molecule has 0 amide bonds. The molecule has 0 fully saturated rings. The van der Waals surface area contributed by atoms with Crippen molar-refractivity contribution in [1.82, 2.24) is 14.7 Å². The van der Waals surface area contributed by atoms with E-state index >= 15 is 0 Å². The van der Waals surface area contributed by atoms with Gasteiger partial charge in [0, 0.05) is 17.0 Å². The lowest BCUT2D eigenvalue weighted by Crippen LogP contribution is -2.40. The predicted molar refractivity (Wildman–Crippen MR) is 65.5 cm³/mol. The zero-order valence-corrected chi connectivity index (χ0v) is 10.4. The highest BCUT2D eigenvalue weighted by Gasteiger charge is 2.26. The van der Waals surface area contributed by atoms with E-state index in [4.69, 9.17) is 0 Å². The Bertz CT molecular complexity index is 767. The van der Waals surface area contributed by atoms with E-state index in [9.17, 15) is 5.11 Å². The van der Waals surface area contributed by atoms with Crippen LogP contribution in [0.5, 0.6) is 5.88 Å². The average Bonchev–Trinajstić information content (AvgIpc) is 2.78. The summed E-state index contributed by atoms with van der Waals surface area (Å²) in [6.45, 7) is 0.897. The van der Waals surface area contributed by atoms with E-state index in [0.717, 1.165) is 34.9 Å². The van der Waals surface area contributed by atoms with Gasteiger partial charge in [0.15, 0.2) is 0 Å². The molecule has 0 N–H and O–H groups in total. The maximum atomic E-state index is 12.0. The molecule has 6 heteroatoms. The number of aromatic nitrogens is 4. The number of hydrogen-bond donors (Lipinski definition) is 0.